The smallest absolute Gasteiger partial charge is 0.244 e. The lowest BCUT2D eigenvalue weighted by Gasteiger charge is -2.45. The minimum atomic E-state index is -0.562. The van der Waals surface area contributed by atoms with Crippen molar-refractivity contribution in [3.63, 3.8) is 0 Å². The van der Waals surface area contributed by atoms with Crippen molar-refractivity contribution in [3.8, 4) is 0 Å². The average molecular weight is 532 g/mol. The fraction of sp³-hybridized carbons (Fsp3) is 0.400. The van der Waals surface area contributed by atoms with Crippen molar-refractivity contribution in [1.82, 2.24) is 20.5 Å². The Morgan fingerprint density at radius 2 is 1.92 bits per heavy atom. The number of carbonyl (C=O) groups excluding carboxylic acids is 2. The molecule has 9 heteroatoms. The Kier molecular flexibility index (Phi) is 8.18. The van der Waals surface area contributed by atoms with Crippen LogP contribution in [0.1, 0.15) is 50.0 Å². The second-order valence-electron chi connectivity index (χ2n) is 10.8. The monoisotopic (exact) mass is 531 g/mol. The normalized spacial score (nSPS) is 22.7. The summed E-state index contributed by atoms with van der Waals surface area (Å²) < 4.78 is 5.61. The number of rotatable bonds is 8. The van der Waals surface area contributed by atoms with E-state index < -0.39 is 6.04 Å². The highest BCUT2D eigenvalue weighted by Gasteiger charge is 2.40. The van der Waals surface area contributed by atoms with Crippen LogP contribution in [-0.2, 0) is 27.4 Å². The molecule has 2 amide bonds. The summed E-state index contributed by atoms with van der Waals surface area (Å²) >= 11 is 0. The Labute approximate surface area is 230 Å². The fourth-order valence-electron chi connectivity index (χ4n) is 5.52. The van der Waals surface area contributed by atoms with Crippen LogP contribution in [0.25, 0.3) is 0 Å². The van der Waals surface area contributed by atoms with E-state index in [9.17, 15) is 9.59 Å². The molecule has 9 nitrogen and oxygen atoms in total. The molecule has 3 aliphatic rings. The maximum absolute atomic E-state index is 13.6. The Balaban J connectivity index is 1.28. The minimum Gasteiger partial charge on any atom is -0.493 e. The first-order valence-corrected chi connectivity index (χ1v) is 13.7. The maximum Gasteiger partial charge on any atom is 0.244 e. The van der Waals surface area contributed by atoms with Gasteiger partial charge in [0.15, 0.2) is 0 Å². The summed E-state index contributed by atoms with van der Waals surface area (Å²) in [6, 6.07) is 15.8. The third-order valence-corrected chi connectivity index (χ3v) is 7.53. The largest absolute Gasteiger partial charge is 0.493 e. The third-order valence-electron chi connectivity index (χ3n) is 7.53. The molecule has 2 aromatic carbocycles. The van der Waals surface area contributed by atoms with Crippen molar-refractivity contribution in [3.05, 3.63) is 90.0 Å². The van der Waals surface area contributed by atoms with Crippen molar-refractivity contribution in [2.75, 3.05) is 18.1 Å². The number of nitrogens with two attached hydrogens (primary N) is 1. The minimum absolute atomic E-state index is 0.0140. The molecular formula is C30H39N6O3+. The topological polar surface area (TPSA) is 93.8 Å². The number of piperazine rings is 1. The summed E-state index contributed by atoms with van der Waals surface area (Å²) in [7, 11) is 0. The number of nitrogens with one attached hydrogen (secondary N) is 2. The molecule has 0 aromatic heterocycles. The Morgan fingerprint density at radius 1 is 1.13 bits per heavy atom. The predicted octanol–water partition coefficient (Wildman–Crippen LogP) is 2.31. The number of quaternary nitrogens is 1. The molecule has 3 atom stereocenters. The zero-order valence-electron chi connectivity index (χ0n) is 22.9. The van der Waals surface area contributed by atoms with Gasteiger partial charge in [-0.1, -0.05) is 56.3 Å². The number of hydrogen-bond acceptors (Lipinski definition) is 6. The third kappa shape index (κ3) is 6.10. The first-order valence-electron chi connectivity index (χ1n) is 13.7. The van der Waals surface area contributed by atoms with E-state index in [4.69, 9.17) is 4.74 Å². The van der Waals surface area contributed by atoms with Crippen molar-refractivity contribution < 1.29 is 19.9 Å². The van der Waals surface area contributed by atoms with Crippen molar-refractivity contribution in [2.24, 2.45) is 5.92 Å². The van der Waals surface area contributed by atoms with Crippen LogP contribution >= 0.6 is 0 Å². The molecule has 3 heterocycles. The number of para-hydroxylation sites is 1. The standard InChI is InChI=1S/C30H38N6O3/c1-21(2)30(38)36-22(3)18-34(19-25-7-4-5-8-26(25)35-15-14-32-33-35)20-27(36)29(37)31-17-23-10-12-24(13-11-23)28-9-6-16-39-28/h4-8,10-16,21-22,27-28,32-33H,9,17-20H2,1-3H3,(H,31,37)/p+1. The molecule has 5 rings (SSSR count). The molecular weight excluding hydrogens is 492 g/mol. The Hall–Kier alpha value is -3.82. The van der Waals surface area contributed by atoms with E-state index in [1.165, 1.54) is 5.56 Å². The highest BCUT2D eigenvalue weighted by Crippen LogP contribution is 2.27. The summed E-state index contributed by atoms with van der Waals surface area (Å²) in [4.78, 5) is 30.9. The van der Waals surface area contributed by atoms with Crippen molar-refractivity contribution in [2.45, 2.75) is 58.5 Å². The molecule has 0 radical (unpaired) electrons. The quantitative estimate of drug-likeness (QED) is 0.453. The second kappa shape index (κ2) is 11.9. The highest BCUT2D eigenvalue weighted by atomic mass is 16.5. The molecule has 0 aliphatic carbocycles. The van der Waals surface area contributed by atoms with Crippen LogP contribution in [-0.4, -0.2) is 46.8 Å². The van der Waals surface area contributed by atoms with E-state index in [1.54, 1.807) is 11.2 Å². The van der Waals surface area contributed by atoms with E-state index >= 15 is 0 Å². The summed E-state index contributed by atoms with van der Waals surface area (Å²) in [6.45, 7) is 8.10. The zero-order valence-corrected chi connectivity index (χ0v) is 22.9. The van der Waals surface area contributed by atoms with Gasteiger partial charge in [0.25, 0.3) is 0 Å². The van der Waals surface area contributed by atoms with E-state index in [-0.39, 0.29) is 29.9 Å². The molecule has 0 saturated carbocycles. The second-order valence-corrected chi connectivity index (χ2v) is 10.8. The molecule has 0 spiro atoms. The lowest BCUT2D eigenvalue weighted by molar-refractivity contribution is -0.698. The van der Waals surface area contributed by atoms with Crippen LogP contribution in [0.15, 0.2) is 73.3 Å². The molecule has 206 valence electrons. The number of ether oxygens (including phenoxy) is 1. The fourth-order valence-corrected chi connectivity index (χ4v) is 5.52. The highest BCUT2D eigenvalue weighted by molar-refractivity contribution is 5.89. The van der Waals surface area contributed by atoms with E-state index in [1.807, 2.05) is 69.0 Å². The van der Waals surface area contributed by atoms with Gasteiger partial charge in [-0.05, 0) is 35.8 Å². The molecule has 4 N–H and O–H groups in total. The maximum atomic E-state index is 13.6. The summed E-state index contributed by atoms with van der Waals surface area (Å²) in [5, 5.41) is 5.17. The van der Waals surface area contributed by atoms with E-state index in [0.717, 1.165) is 23.2 Å². The lowest BCUT2D eigenvalue weighted by atomic mass is 10.0. The first-order chi connectivity index (χ1) is 18.9. The molecule has 3 aliphatic heterocycles. The molecule has 2 aromatic rings. The van der Waals surface area contributed by atoms with E-state index in [0.29, 0.717) is 26.2 Å². The average Bonchev–Trinajstić information content (AvgIpc) is 3.67. The number of hydrogen-bond donors (Lipinski definition) is 3. The van der Waals surface area contributed by atoms with Gasteiger partial charge in [0.1, 0.15) is 17.8 Å². The number of benzene rings is 2. The van der Waals surface area contributed by atoms with Crippen LogP contribution in [0.5, 0.6) is 0 Å². The van der Waals surface area contributed by atoms with Gasteiger partial charge in [0.2, 0.25) is 11.8 Å². The lowest BCUT2D eigenvalue weighted by Crippen LogP contribution is -2.97. The van der Waals surface area contributed by atoms with Gasteiger partial charge in [-0.25, -0.2) is 5.43 Å². The number of amides is 2. The van der Waals surface area contributed by atoms with Crippen LogP contribution in [0.2, 0.25) is 0 Å². The van der Waals surface area contributed by atoms with Crippen LogP contribution in [0, 0.1) is 5.92 Å². The van der Waals surface area contributed by atoms with Gasteiger partial charge < -0.3 is 15.0 Å². The summed E-state index contributed by atoms with van der Waals surface area (Å²) in [6.07, 6.45) is 8.59. The SMILES string of the molecule is CC(C)C(=O)N1C(C)CN(Cc2ccccc2N2C=CN[NH2+]2)CC1C(=O)NCc1ccc(C2CC=CO2)cc1. The molecule has 3 unspecified atom stereocenters. The molecule has 0 bridgehead atoms. The predicted molar refractivity (Wildman–Crippen MR) is 149 cm³/mol. The number of carbonyl (C=O) groups is 2. The van der Waals surface area contributed by atoms with Gasteiger partial charge in [0.05, 0.1) is 18.7 Å². The van der Waals surface area contributed by atoms with E-state index in [2.05, 4.69) is 44.9 Å². The van der Waals surface area contributed by atoms with Gasteiger partial charge in [-0.15, -0.1) is 5.53 Å². The summed E-state index contributed by atoms with van der Waals surface area (Å²) in [5.41, 5.74) is 9.42. The number of anilines is 1. The van der Waals surface area contributed by atoms with Crippen molar-refractivity contribution >= 4 is 17.5 Å². The zero-order chi connectivity index (χ0) is 27.4. The first kappa shape index (κ1) is 26.8. The Morgan fingerprint density at radius 3 is 2.62 bits per heavy atom. The van der Waals surface area contributed by atoms with Crippen molar-refractivity contribution in [1.29, 1.82) is 0 Å². The van der Waals surface area contributed by atoms with Gasteiger partial charge >= 0.3 is 0 Å². The van der Waals surface area contributed by atoms with Gasteiger partial charge in [-0.3, -0.25) is 14.5 Å². The van der Waals surface area contributed by atoms with Crippen LogP contribution in [0.3, 0.4) is 0 Å². The molecule has 1 saturated heterocycles. The van der Waals surface area contributed by atoms with Gasteiger partial charge in [0, 0.05) is 44.6 Å². The number of nitrogens with zero attached hydrogens (tertiary/aromatic N) is 3. The molecule has 1 fully saturated rings. The summed E-state index contributed by atoms with van der Waals surface area (Å²) in [5.74, 6) is -0.291. The van der Waals surface area contributed by atoms with Crippen LogP contribution < -0.4 is 21.3 Å². The van der Waals surface area contributed by atoms with Gasteiger partial charge in [-0.2, -0.15) is 5.01 Å². The molecule has 39 heavy (non-hydrogen) atoms. The Bertz CT molecular complexity index is 1220. The van der Waals surface area contributed by atoms with Crippen LogP contribution in [0.4, 0.5) is 5.69 Å².